The van der Waals surface area contributed by atoms with Crippen LogP contribution in [0.1, 0.15) is 12.5 Å². The summed E-state index contributed by atoms with van der Waals surface area (Å²) in [5, 5.41) is 3.24. The van der Waals surface area contributed by atoms with Gasteiger partial charge in [-0.2, -0.15) is 0 Å². The third kappa shape index (κ3) is 3.77. The number of anilines is 2. The first-order valence-electron chi connectivity index (χ1n) is 6.66. The summed E-state index contributed by atoms with van der Waals surface area (Å²) in [6.45, 7) is 1.56. The van der Waals surface area contributed by atoms with E-state index in [-0.39, 0.29) is 12.5 Å². The lowest BCUT2D eigenvalue weighted by Gasteiger charge is -2.20. The molecule has 0 spiro atoms. The number of amides is 3. The van der Waals surface area contributed by atoms with E-state index in [1.165, 1.54) is 6.92 Å². The molecule has 2 aromatic rings. The van der Waals surface area contributed by atoms with Gasteiger partial charge in [-0.15, -0.1) is 0 Å². The van der Waals surface area contributed by atoms with E-state index >= 15 is 0 Å². The summed E-state index contributed by atoms with van der Waals surface area (Å²) in [5.41, 5.74) is 7.40. The molecule has 114 valence electrons. The van der Waals surface area contributed by atoms with E-state index in [0.29, 0.717) is 16.4 Å². The largest absolute Gasteiger partial charge is 0.399 e. The lowest BCUT2D eigenvalue weighted by Crippen LogP contribution is -2.42. The fraction of sp³-hybridized carbons (Fsp3) is 0.125. The Bertz CT molecular complexity index is 686. The van der Waals surface area contributed by atoms with Crippen LogP contribution in [-0.2, 0) is 11.3 Å². The van der Waals surface area contributed by atoms with Gasteiger partial charge in [-0.05, 0) is 35.9 Å². The number of nitrogens with two attached hydrogens (primary N) is 1. The monoisotopic (exact) mass is 317 g/mol. The molecule has 0 saturated heterocycles. The van der Waals surface area contributed by atoms with Gasteiger partial charge in [0.2, 0.25) is 5.91 Å². The van der Waals surface area contributed by atoms with Crippen molar-refractivity contribution in [3.63, 3.8) is 0 Å². The summed E-state index contributed by atoms with van der Waals surface area (Å²) in [6.07, 6.45) is 0. The maximum atomic E-state index is 12.3. The van der Waals surface area contributed by atoms with Gasteiger partial charge < -0.3 is 11.1 Å². The van der Waals surface area contributed by atoms with E-state index in [1.807, 2.05) is 18.2 Å². The van der Waals surface area contributed by atoms with Crippen LogP contribution in [0.15, 0.2) is 48.5 Å². The Hall–Kier alpha value is -2.53. The van der Waals surface area contributed by atoms with Gasteiger partial charge in [0.05, 0.1) is 5.69 Å². The van der Waals surface area contributed by atoms with Crippen molar-refractivity contribution in [3.05, 3.63) is 59.1 Å². The minimum Gasteiger partial charge on any atom is -0.399 e. The number of nitrogens with one attached hydrogen (secondary N) is 1. The molecule has 0 aromatic heterocycles. The predicted molar refractivity (Wildman–Crippen MR) is 87.7 cm³/mol. The number of hydrogen-bond donors (Lipinski definition) is 2. The Morgan fingerprint density at radius 1 is 1.14 bits per heavy atom. The summed E-state index contributed by atoms with van der Waals surface area (Å²) >= 11 is 6.04. The summed E-state index contributed by atoms with van der Waals surface area (Å²) in [5.74, 6) is -0.388. The Morgan fingerprint density at radius 3 is 2.36 bits per heavy atom. The molecule has 3 N–H and O–H groups in total. The lowest BCUT2D eigenvalue weighted by atomic mass is 10.2. The number of nitrogens with zero attached hydrogens (tertiary/aromatic N) is 1. The maximum absolute atomic E-state index is 12.3. The predicted octanol–water partition coefficient (Wildman–Crippen LogP) is 3.18. The van der Waals surface area contributed by atoms with Crippen LogP contribution in [-0.4, -0.2) is 11.9 Å². The van der Waals surface area contributed by atoms with Crippen LogP contribution < -0.4 is 16.0 Å². The molecule has 0 saturated carbocycles. The summed E-state index contributed by atoms with van der Waals surface area (Å²) in [7, 11) is 0. The molecule has 3 amide bonds. The number of carbonyl (C=O) groups is 2. The lowest BCUT2D eigenvalue weighted by molar-refractivity contribution is -0.115. The zero-order chi connectivity index (χ0) is 16.1. The molecule has 2 aromatic carbocycles. The molecule has 0 aliphatic carbocycles. The number of nitrogen functional groups attached to an aromatic ring is 1. The zero-order valence-corrected chi connectivity index (χ0v) is 12.8. The summed E-state index contributed by atoms with van der Waals surface area (Å²) in [4.78, 5) is 25.1. The molecular formula is C16H16ClN3O2. The van der Waals surface area contributed by atoms with Crippen molar-refractivity contribution in [2.45, 2.75) is 13.5 Å². The van der Waals surface area contributed by atoms with Crippen LogP contribution in [0, 0.1) is 0 Å². The van der Waals surface area contributed by atoms with Crippen molar-refractivity contribution in [3.8, 4) is 0 Å². The quantitative estimate of drug-likeness (QED) is 0.854. The van der Waals surface area contributed by atoms with Gasteiger partial charge in [-0.1, -0.05) is 29.8 Å². The Kier molecular flexibility index (Phi) is 5.01. The Balaban J connectivity index is 2.12. The van der Waals surface area contributed by atoms with Gasteiger partial charge in [0, 0.05) is 24.2 Å². The maximum Gasteiger partial charge on any atom is 0.329 e. The number of urea groups is 1. The van der Waals surface area contributed by atoms with Crippen molar-refractivity contribution in [1.29, 1.82) is 0 Å². The highest BCUT2D eigenvalue weighted by atomic mass is 35.5. The Morgan fingerprint density at radius 2 is 1.77 bits per heavy atom. The minimum atomic E-state index is -0.516. The molecule has 0 unspecified atom stereocenters. The number of rotatable bonds is 3. The highest BCUT2D eigenvalue weighted by Crippen LogP contribution is 2.18. The van der Waals surface area contributed by atoms with Gasteiger partial charge in [0.15, 0.2) is 0 Å². The van der Waals surface area contributed by atoms with Gasteiger partial charge in [0.25, 0.3) is 0 Å². The first-order chi connectivity index (χ1) is 10.5. The van der Waals surface area contributed by atoms with Crippen LogP contribution in [0.3, 0.4) is 0 Å². The third-order valence-electron chi connectivity index (χ3n) is 3.06. The number of imide groups is 1. The molecule has 0 heterocycles. The van der Waals surface area contributed by atoms with E-state index in [4.69, 9.17) is 17.3 Å². The standard InChI is InChI=1S/C16H16ClN3O2/c1-11(21)20(14-8-6-13(18)7-9-14)16(22)19-10-12-4-2-3-5-15(12)17/h2-9H,10,18H2,1H3,(H,19,22). The van der Waals surface area contributed by atoms with Gasteiger partial charge in [-0.3, -0.25) is 4.79 Å². The summed E-state index contributed by atoms with van der Waals surface area (Å²) < 4.78 is 0. The molecule has 0 aliphatic heterocycles. The number of hydrogen-bond acceptors (Lipinski definition) is 3. The first kappa shape index (κ1) is 15.9. The second-order valence-electron chi connectivity index (χ2n) is 4.70. The molecule has 0 radical (unpaired) electrons. The van der Waals surface area contributed by atoms with Crippen LogP contribution in [0.25, 0.3) is 0 Å². The smallest absolute Gasteiger partial charge is 0.329 e. The van der Waals surface area contributed by atoms with Crippen molar-refractivity contribution < 1.29 is 9.59 Å². The van der Waals surface area contributed by atoms with Crippen LogP contribution in [0.5, 0.6) is 0 Å². The van der Waals surface area contributed by atoms with E-state index in [2.05, 4.69) is 5.32 Å². The van der Waals surface area contributed by atoms with Gasteiger partial charge >= 0.3 is 6.03 Å². The van der Waals surface area contributed by atoms with Gasteiger partial charge in [-0.25, -0.2) is 9.69 Å². The first-order valence-corrected chi connectivity index (χ1v) is 7.04. The molecule has 0 fully saturated rings. The second-order valence-corrected chi connectivity index (χ2v) is 5.10. The second kappa shape index (κ2) is 6.95. The number of benzene rings is 2. The molecule has 5 nitrogen and oxygen atoms in total. The van der Waals surface area contributed by atoms with E-state index in [9.17, 15) is 9.59 Å². The fourth-order valence-electron chi connectivity index (χ4n) is 1.96. The summed E-state index contributed by atoms with van der Waals surface area (Å²) in [6, 6.07) is 13.2. The number of carbonyl (C=O) groups excluding carboxylic acids is 2. The molecule has 6 heteroatoms. The van der Waals surface area contributed by atoms with Gasteiger partial charge in [0.1, 0.15) is 0 Å². The van der Waals surface area contributed by atoms with Crippen molar-refractivity contribution in [2.75, 3.05) is 10.6 Å². The fourth-order valence-corrected chi connectivity index (χ4v) is 2.16. The van der Waals surface area contributed by atoms with Crippen molar-refractivity contribution >= 4 is 34.9 Å². The van der Waals surface area contributed by atoms with E-state index < -0.39 is 6.03 Å². The third-order valence-corrected chi connectivity index (χ3v) is 3.43. The molecule has 22 heavy (non-hydrogen) atoms. The zero-order valence-electron chi connectivity index (χ0n) is 12.0. The SMILES string of the molecule is CC(=O)N(C(=O)NCc1ccccc1Cl)c1ccc(N)cc1. The molecule has 0 bridgehead atoms. The molecular weight excluding hydrogens is 302 g/mol. The van der Waals surface area contributed by atoms with Crippen molar-refractivity contribution in [1.82, 2.24) is 5.32 Å². The topological polar surface area (TPSA) is 75.4 Å². The van der Waals surface area contributed by atoms with Crippen LogP contribution in [0.2, 0.25) is 5.02 Å². The average molecular weight is 318 g/mol. The normalized spacial score (nSPS) is 10.1. The van der Waals surface area contributed by atoms with Crippen LogP contribution >= 0.6 is 11.6 Å². The van der Waals surface area contributed by atoms with Crippen molar-refractivity contribution in [2.24, 2.45) is 0 Å². The number of halogens is 1. The molecule has 0 atom stereocenters. The average Bonchev–Trinajstić information content (AvgIpc) is 2.48. The minimum absolute atomic E-state index is 0.233. The van der Waals surface area contributed by atoms with Crippen LogP contribution in [0.4, 0.5) is 16.2 Å². The highest BCUT2D eigenvalue weighted by molar-refractivity contribution is 6.31. The highest BCUT2D eigenvalue weighted by Gasteiger charge is 2.19. The molecule has 2 rings (SSSR count). The Labute approximate surface area is 133 Å². The van der Waals surface area contributed by atoms with E-state index in [0.717, 1.165) is 10.5 Å². The van der Waals surface area contributed by atoms with E-state index in [1.54, 1.807) is 30.3 Å². The molecule has 0 aliphatic rings.